The molecule has 0 fully saturated rings. The summed E-state index contributed by atoms with van der Waals surface area (Å²) in [6.45, 7) is 9.75. The zero-order chi connectivity index (χ0) is 29.3. The topological polar surface area (TPSA) is 137 Å². The fourth-order valence-corrected chi connectivity index (χ4v) is 5.21. The van der Waals surface area contributed by atoms with E-state index >= 15 is 0 Å². The Balaban J connectivity index is 1.70. The lowest BCUT2D eigenvalue weighted by atomic mass is 10.0. The van der Waals surface area contributed by atoms with Crippen molar-refractivity contribution in [3.63, 3.8) is 0 Å². The Labute approximate surface area is 239 Å². The highest BCUT2D eigenvalue weighted by Crippen LogP contribution is 2.28. The summed E-state index contributed by atoms with van der Waals surface area (Å²) in [5, 5.41) is 11.8. The van der Waals surface area contributed by atoms with Gasteiger partial charge in [0.15, 0.2) is 0 Å². The van der Waals surface area contributed by atoms with Crippen LogP contribution in [-0.2, 0) is 21.2 Å². The summed E-state index contributed by atoms with van der Waals surface area (Å²) in [5.41, 5.74) is 1.24. The molecular weight excluding hydrogens is 552 g/mol. The van der Waals surface area contributed by atoms with Crippen molar-refractivity contribution in [1.29, 1.82) is 0 Å². The van der Waals surface area contributed by atoms with Gasteiger partial charge in [0.2, 0.25) is 5.13 Å². The number of ether oxygens (including phenoxy) is 2. The van der Waals surface area contributed by atoms with Crippen LogP contribution in [0, 0.1) is 0 Å². The minimum Gasteiger partial charge on any atom is -0.494 e. The lowest BCUT2D eigenvalue weighted by Gasteiger charge is -2.19. The van der Waals surface area contributed by atoms with Crippen LogP contribution in [0.4, 0.5) is 9.93 Å². The monoisotopic (exact) mass is 588 g/mol. The molecule has 10 nitrogen and oxygen atoms in total. The highest BCUT2D eigenvalue weighted by Gasteiger charge is 2.23. The second-order valence-electron chi connectivity index (χ2n) is 10.1. The third kappa shape index (κ3) is 9.02. The largest absolute Gasteiger partial charge is 0.494 e. The van der Waals surface area contributed by atoms with E-state index in [1.807, 2.05) is 10.8 Å². The zero-order valence-corrected chi connectivity index (χ0v) is 25.1. The summed E-state index contributed by atoms with van der Waals surface area (Å²) in [4.78, 5) is 24.9. The van der Waals surface area contributed by atoms with Crippen LogP contribution in [0.15, 0.2) is 47.4 Å². The lowest BCUT2D eigenvalue weighted by molar-refractivity contribution is 0.0570. The number of carbonyl (C=O) groups is 2. The summed E-state index contributed by atoms with van der Waals surface area (Å²) >= 11 is 1.16. The van der Waals surface area contributed by atoms with Crippen molar-refractivity contribution < 1.29 is 27.5 Å². The van der Waals surface area contributed by atoms with Gasteiger partial charge in [-0.25, -0.2) is 17.9 Å². The molecule has 0 aliphatic carbocycles. The molecule has 0 unspecified atom stereocenters. The van der Waals surface area contributed by atoms with Gasteiger partial charge >= 0.3 is 6.09 Å². The van der Waals surface area contributed by atoms with Gasteiger partial charge in [-0.1, -0.05) is 50.2 Å². The molecule has 0 aliphatic rings. The van der Waals surface area contributed by atoms with E-state index in [-0.39, 0.29) is 10.8 Å². The van der Waals surface area contributed by atoms with Crippen LogP contribution < -0.4 is 14.8 Å². The average molecular weight is 589 g/mol. The first-order chi connectivity index (χ1) is 18.9. The quantitative estimate of drug-likeness (QED) is 0.239. The highest BCUT2D eigenvalue weighted by atomic mass is 32.2. The number of aromatic nitrogens is 2. The molecule has 40 heavy (non-hydrogen) atoms. The summed E-state index contributed by atoms with van der Waals surface area (Å²) in [6.07, 6.45) is 3.65. The number of rotatable bonds is 12. The second-order valence-corrected chi connectivity index (χ2v) is 12.8. The van der Waals surface area contributed by atoms with E-state index in [9.17, 15) is 18.0 Å². The molecule has 2 amide bonds. The normalized spacial score (nSPS) is 11.6. The number of amides is 2. The molecule has 0 saturated heterocycles. The van der Waals surface area contributed by atoms with Crippen LogP contribution in [0.25, 0.3) is 10.6 Å². The van der Waals surface area contributed by atoms with Crippen molar-refractivity contribution in [3.8, 4) is 16.3 Å². The fourth-order valence-electron chi connectivity index (χ4n) is 3.59. The Morgan fingerprint density at radius 3 is 2.33 bits per heavy atom. The third-order valence-electron chi connectivity index (χ3n) is 5.56. The van der Waals surface area contributed by atoms with Crippen LogP contribution in [0.5, 0.6) is 5.75 Å². The molecule has 2 N–H and O–H groups in total. The van der Waals surface area contributed by atoms with E-state index in [0.717, 1.165) is 54.8 Å². The summed E-state index contributed by atoms with van der Waals surface area (Å²) in [6, 6.07) is 11.3. The smallest absolute Gasteiger partial charge is 0.421 e. The Morgan fingerprint density at radius 2 is 1.68 bits per heavy atom. The Morgan fingerprint density at radius 1 is 0.975 bits per heavy atom. The van der Waals surface area contributed by atoms with Crippen LogP contribution >= 0.6 is 11.3 Å². The standard InChI is InChI=1S/C28H36N4O6S2/c1-6-8-10-20-18-21(37-17-9-7-2)13-16-23(20)24(33)29-26-31-30-25(39-26)19-11-14-22(15-12-19)40(35,36)32-27(34)38-28(3,4)5/h11-16,18H,6-10,17H2,1-5H3,(H,32,34)(H,29,31,33). The van der Waals surface area contributed by atoms with Gasteiger partial charge in [-0.2, -0.15) is 0 Å². The predicted octanol–water partition coefficient (Wildman–Crippen LogP) is 6.19. The van der Waals surface area contributed by atoms with Crippen molar-refractivity contribution in [2.45, 2.75) is 77.2 Å². The molecule has 3 aromatic rings. The number of nitrogens with zero attached hydrogens (tertiary/aromatic N) is 2. The van der Waals surface area contributed by atoms with E-state index in [1.54, 1.807) is 45.0 Å². The number of unbranched alkanes of at least 4 members (excludes halogenated alkanes) is 2. The van der Waals surface area contributed by atoms with Crippen molar-refractivity contribution in [2.75, 3.05) is 11.9 Å². The van der Waals surface area contributed by atoms with Crippen molar-refractivity contribution in [1.82, 2.24) is 14.9 Å². The summed E-state index contributed by atoms with van der Waals surface area (Å²) in [5.74, 6) is 0.463. The number of sulfonamides is 1. The maximum Gasteiger partial charge on any atom is 0.421 e. The van der Waals surface area contributed by atoms with E-state index in [4.69, 9.17) is 9.47 Å². The predicted molar refractivity (Wildman–Crippen MR) is 155 cm³/mol. The van der Waals surface area contributed by atoms with Gasteiger partial charge < -0.3 is 9.47 Å². The van der Waals surface area contributed by atoms with Gasteiger partial charge in [-0.05, 0) is 75.9 Å². The number of aryl methyl sites for hydroxylation is 1. The molecule has 0 saturated carbocycles. The molecule has 3 rings (SSSR count). The van der Waals surface area contributed by atoms with Crippen LogP contribution in [0.2, 0.25) is 0 Å². The SMILES string of the molecule is CCCCOc1ccc(C(=O)Nc2nnc(-c3ccc(S(=O)(=O)NC(=O)OC(C)(C)C)cc3)s2)c(CCCC)c1. The molecule has 0 atom stereocenters. The number of anilines is 1. The van der Waals surface area contributed by atoms with Gasteiger partial charge in [-0.15, -0.1) is 10.2 Å². The molecule has 0 bridgehead atoms. The van der Waals surface area contributed by atoms with Gasteiger partial charge in [-0.3, -0.25) is 10.1 Å². The number of hydrogen-bond acceptors (Lipinski definition) is 9. The minimum absolute atomic E-state index is 0.109. The average Bonchev–Trinajstić information content (AvgIpc) is 3.34. The number of hydrogen-bond donors (Lipinski definition) is 2. The van der Waals surface area contributed by atoms with Gasteiger partial charge in [0.05, 0.1) is 11.5 Å². The van der Waals surface area contributed by atoms with Crippen LogP contribution in [0.1, 0.15) is 76.2 Å². The molecule has 0 aliphatic heterocycles. The molecular formula is C28H36N4O6S2. The van der Waals surface area contributed by atoms with E-state index in [2.05, 4.69) is 29.4 Å². The second kappa shape index (κ2) is 13.7. The van der Waals surface area contributed by atoms with E-state index in [1.165, 1.54) is 12.1 Å². The summed E-state index contributed by atoms with van der Waals surface area (Å²) in [7, 11) is -4.12. The molecule has 0 spiro atoms. The summed E-state index contributed by atoms with van der Waals surface area (Å²) < 4.78 is 37.8. The zero-order valence-electron chi connectivity index (χ0n) is 23.4. The van der Waals surface area contributed by atoms with E-state index < -0.39 is 21.7 Å². The molecule has 1 aromatic heterocycles. The lowest BCUT2D eigenvalue weighted by Crippen LogP contribution is -2.36. The third-order valence-corrected chi connectivity index (χ3v) is 7.78. The first-order valence-electron chi connectivity index (χ1n) is 13.2. The fraction of sp³-hybridized carbons (Fsp3) is 0.429. The molecule has 216 valence electrons. The first kappa shape index (κ1) is 31.0. The highest BCUT2D eigenvalue weighted by molar-refractivity contribution is 7.90. The van der Waals surface area contributed by atoms with E-state index in [0.29, 0.717) is 27.9 Å². The maximum absolute atomic E-state index is 13.1. The van der Waals surface area contributed by atoms with Crippen molar-refractivity contribution in [3.05, 3.63) is 53.6 Å². The number of benzene rings is 2. The van der Waals surface area contributed by atoms with Gasteiger partial charge in [0.1, 0.15) is 16.4 Å². The molecule has 12 heteroatoms. The van der Waals surface area contributed by atoms with Gasteiger partial charge in [0, 0.05) is 11.1 Å². The number of carbonyl (C=O) groups excluding carboxylic acids is 2. The van der Waals surface area contributed by atoms with Crippen molar-refractivity contribution in [2.24, 2.45) is 0 Å². The maximum atomic E-state index is 13.1. The van der Waals surface area contributed by atoms with Crippen molar-refractivity contribution >= 4 is 38.5 Å². The Bertz CT molecular complexity index is 1410. The molecule has 0 radical (unpaired) electrons. The molecule has 2 aromatic carbocycles. The van der Waals surface area contributed by atoms with Crippen LogP contribution in [0.3, 0.4) is 0 Å². The molecule has 1 heterocycles. The Kier molecular flexibility index (Phi) is 10.6. The number of nitrogens with one attached hydrogen (secondary N) is 2. The Hall–Kier alpha value is -3.51. The first-order valence-corrected chi connectivity index (χ1v) is 15.5. The van der Waals surface area contributed by atoms with Crippen LogP contribution in [-0.4, -0.2) is 42.8 Å². The minimum atomic E-state index is -4.12. The van der Waals surface area contributed by atoms with Gasteiger partial charge in [0.25, 0.3) is 15.9 Å².